The van der Waals surface area contributed by atoms with Gasteiger partial charge in [-0.15, -0.1) is 0 Å². The van der Waals surface area contributed by atoms with E-state index in [1.54, 1.807) is 6.92 Å². The second kappa shape index (κ2) is 7.04. The summed E-state index contributed by atoms with van der Waals surface area (Å²) in [6.45, 7) is 2.00. The number of halogens is 1. The highest BCUT2D eigenvalue weighted by molar-refractivity contribution is 5.95. The van der Waals surface area contributed by atoms with Gasteiger partial charge in [0, 0.05) is 12.8 Å². The van der Waals surface area contributed by atoms with Gasteiger partial charge in [0.15, 0.2) is 0 Å². The van der Waals surface area contributed by atoms with Gasteiger partial charge in [-0.05, 0) is 24.6 Å². The van der Waals surface area contributed by atoms with Gasteiger partial charge < -0.3 is 20.1 Å². The maximum absolute atomic E-state index is 13.1. The van der Waals surface area contributed by atoms with Gasteiger partial charge >= 0.3 is 12.0 Å². The molecule has 1 aliphatic heterocycles. The molecule has 0 aromatic heterocycles. The third-order valence-electron chi connectivity index (χ3n) is 3.21. The fourth-order valence-corrected chi connectivity index (χ4v) is 2.17. The van der Waals surface area contributed by atoms with E-state index < -0.39 is 23.9 Å². The molecule has 0 radical (unpaired) electrons. The predicted molar refractivity (Wildman–Crippen MR) is 76.3 cm³/mol. The monoisotopic (exact) mass is 308 g/mol. The molecule has 1 aromatic rings. The van der Waals surface area contributed by atoms with Crippen molar-refractivity contribution in [3.8, 4) is 0 Å². The van der Waals surface area contributed by atoms with Gasteiger partial charge in [-0.2, -0.15) is 0 Å². The van der Waals surface area contributed by atoms with Crippen molar-refractivity contribution in [1.29, 1.82) is 0 Å². The molecule has 0 bridgehead atoms. The smallest absolute Gasteiger partial charge is 0.338 e. The molecule has 2 N–H and O–H groups in total. The van der Waals surface area contributed by atoms with E-state index in [0.717, 1.165) is 0 Å². The van der Waals surface area contributed by atoms with Gasteiger partial charge in [0.05, 0.1) is 18.2 Å². The summed E-state index contributed by atoms with van der Waals surface area (Å²) in [6, 6.07) is 4.45. The number of esters is 1. The molecule has 2 rings (SSSR count). The molecule has 1 atom stereocenters. The lowest BCUT2D eigenvalue weighted by Crippen LogP contribution is -2.45. The van der Waals surface area contributed by atoms with Crippen LogP contribution in [0.4, 0.5) is 9.18 Å². The van der Waals surface area contributed by atoms with Gasteiger partial charge in [-0.3, -0.25) is 0 Å². The Bertz CT molecular complexity index is 598. The second-order valence-corrected chi connectivity index (χ2v) is 4.75. The quantitative estimate of drug-likeness (QED) is 0.640. The lowest BCUT2D eigenvalue weighted by molar-refractivity contribution is -0.140. The van der Waals surface area contributed by atoms with Crippen LogP contribution in [0.15, 0.2) is 35.5 Å². The SMILES string of the molecule is COCCOC(=O)C1=C(C)NC(=O)N[C@@H]1c1ccc(F)cc1. The average Bonchev–Trinajstić information content (AvgIpc) is 2.47. The molecule has 2 amide bonds. The van der Waals surface area contributed by atoms with Crippen LogP contribution in [0, 0.1) is 5.82 Å². The maximum atomic E-state index is 13.1. The van der Waals surface area contributed by atoms with E-state index in [1.165, 1.54) is 31.4 Å². The van der Waals surface area contributed by atoms with Crippen molar-refractivity contribution in [2.75, 3.05) is 20.3 Å². The fraction of sp³-hybridized carbons (Fsp3) is 0.333. The zero-order valence-corrected chi connectivity index (χ0v) is 12.3. The largest absolute Gasteiger partial charge is 0.460 e. The summed E-state index contributed by atoms with van der Waals surface area (Å²) < 4.78 is 23.0. The molecule has 6 nitrogen and oxygen atoms in total. The third-order valence-corrected chi connectivity index (χ3v) is 3.21. The number of hydrogen-bond donors (Lipinski definition) is 2. The first-order valence-corrected chi connectivity index (χ1v) is 6.72. The van der Waals surface area contributed by atoms with Crippen molar-refractivity contribution < 1.29 is 23.5 Å². The van der Waals surface area contributed by atoms with Crippen molar-refractivity contribution >= 4 is 12.0 Å². The number of ether oxygens (including phenoxy) is 2. The van der Waals surface area contributed by atoms with Crippen LogP contribution >= 0.6 is 0 Å². The third kappa shape index (κ3) is 3.62. The first-order valence-electron chi connectivity index (χ1n) is 6.72. The first kappa shape index (κ1) is 16.0. The first-order chi connectivity index (χ1) is 10.5. The summed E-state index contributed by atoms with van der Waals surface area (Å²) in [7, 11) is 1.50. The van der Waals surface area contributed by atoms with Crippen molar-refractivity contribution in [3.63, 3.8) is 0 Å². The lowest BCUT2D eigenvalue weighted by atomic mass is 9.95. The summed E-state index contributed by atoms with van der Waals surface area (Å²) in [4.78, 5) is 23.9. The van der Waals surface area contributed by atoms with Crippen LogP contribution in [0.5, 0.6) is 0 Å². The number of hydrogen-bond acceptors (Lipinski definition) is 4. The summed E-state index contributed by atoms with van der Waals surface area (Å²) in [5, 5.41) is 5.18. The number of benzene rings is 1. The number of nitrogens with one attached hydrogen (secondary N) is 2. The number of carbonyl (C=O) groups excluding carboxylic acids is 2. The van der Waals surface area contributed by atoms with Crippen molar-refractivity contribution in [3.05, 3.63) is 46.9 Å². The molecule has 7 heteroatoms. The van der Waals surface area contributed by atoms with Crippen LogP contribution in [0.1, 0.15) is 18.5 Å². The topological polar surface area (TPSA) is 76.7 Å². The second-order valence-electron chi connectivity index (χ2n) is 4.75. The Labute approximate surface area is 127 Å². The maximum Gasteiger partial charge on any atom is 0.338 e. The van der Waals surface area contributed by atoms with Gasteiger partial charge in [-0.1, -0.05) is 12.1 Å². The van der Waals surface area contributed by atoms with Crippen LogP contribution < -0.4 is 10.6 Å². The molecule has 0 saturated heterocycles. The molecule has 0 aliphatic carbocycles. The normalized spacial score (nSPS) is 17.8. The average molecular weight is 308 g/mol. The van der Waals surface area contributed by atoms with Gasteiger partial charge in [0.25, 0.3) is 0 Å². The number of carbonyl (C=O) groups is 2. The van der Waals surface area contributed by atoms with E-state index >= 15 is 0 Å². The molecule has 0 fully saturated rings. The van der Waals surface area contributed by atoms with Crippen LogP contribution in [-0.2, 0) is 14.3 Å². The number of amides is 2. The number of rotatable bonds is 5. The predicted octanol–water partition coefficient (Wildman–Crippen LogP) is 1.64. The molecule has 1 aliphatic rings. The lowest BCUT2D eigenvalue weighted by Gasteiger charge is -2.28. The minimum Gasteiger partial charge on any atom is -0.460 e. The van der Waals surface area contributed by atoms with Crippen LogP contribution in [-0.4, -0.2) is 32.3 Å². The van der Waals surface area contributed by atoms with Crippen molar-refractivity contribution in [1.82, 2.24) is 10.6 Å². The Balaban J connectivity index is 2.28. The van der Waals surface area contributed by atoms with Crippen molar-refractivity contribution in [2.24, 2.45) is 0 Å². The summed E-state index contributed by atoms with van der Waals surface area (Å²) in [5.74, 6) is -0.953. The van der Waals surface area contributed by atoms with E-state index in [0.29, 0.717) is 11.3 Å². The number of methoxy groups -OCH3 is 1. The molecular formula is C15H17FN2O4. The zero-order chi connectivity index (χ0) is 16.1. The van der Waals surface area contributed by atoms with Gasteiger partial charge in [-0.25, -0.2) is 14.0 Å². The minimum absolute atomic E-state index is 0.107. The van der Waals surface area contributed by atoms with Gasteiger partial charge in [0.2, 0.25) is 0 Å². The van der Waals surface area contributed by atoms with E-state index in [2.05, 4.69) is 10.6 Å². The molecule has 1 heterocycles. The molecular weight excluding hydrogens is 291 g/mol. The number of urea groups is 1. The standard InChI is InChI=1S/C15H17FN2O4/c1-9-12(14(19)22-8-7-21-2)13(18-15(20)17-9)10-3-5-11(16)6-4-10/h3-6,13H,7-8H2,1-2H3,(H2,17,18,20)/t13-/m1/s1. The Morgan fingerprint density at radius 3 is 2.59 bits per heavy atom. The fourth-order valence-electron chi connectivity index (χ4n) is 2.17. The zero-order valence-electron chi connectivity index (χ0n) is 12.3. The van der Waals surface area contributed by atoms with Crippen molar-refractivity contribution in [2.45, 2.75) is 13.0 Å². The highest BCUT2D eigenvalue weighted by Gasteiger charge is 2.32. The molecule has 0 saturated carbocycles. The van der Waals surface area contributed by atoms with Crippen LogP contribution in [0.2, 0.25) is 0 Å². The highest BCUT2D eigenvalue weighted by atomic mass is 19.1. The Kier molecular flexibility index (Phi) is 5.11. The van der Waals surface area contributed by atoms with E-state index in [-0.39, 0.29) is 18.8 Å². The summed E-state index contributed by atoms with van der Waals surface area (Å²) >= 11 is 0. The van der Waals surface area contributed by atoms with Crippen LogP contribution in [0.25, 0.3) is 0 Å². The van der Waals surface area contributed by atoms with Crippen LogP contribution in [0.3, 0.4) is 0 Å². The van der Waals surface area contributed by atoms with E-state index in [9.17, 15) is 14.0 Å². The summed E-state index contributed by atoms with van der Waals surface area (Å²) in [5.41, 5.74) is 1.28. The Morgan fingerprint density at radius 1 is 1.27 bits per heavy atom. The Hall–Kier alpha value is -2.41. The minimum atomic E-state index is -0.690. The molecule has 0 unspecified atom stereocenters. The Morgan fingerprint density at radius 2 is 1.95 bits per heavy atom. The molecule has 1 aromatic carbocycles. The molecule has 118 valence electrons. The van der Waals surface area contributed by atoms with E-state index in [1.807, 2.05) is 0 Å². The molecule has 0 spiro atoms. The van der Waals surface area contributed by atoms with Gasteiger partial charge in [0.1, 0.15) is 12.4 Å². The summed E-state index contributed by atoms with van der Waals surface area (Å²) in [6.07, 6.45) is 0. The molecule has 22 heavy (non-hydrogen) atoms. The number of allylic oxidation sites excluding steroid dienone is 1. The van der Waals surface area contributed by atoms with E-state index in [4.69, 9.17) is 9.47 Å². The highest BCUT2D eigenvalue weighted by Crippen LogP contribution is 2.27.